The smallest absolute Gasteiger partial charge is 0.161 e. The van der Waals surface area contributed by atoms with Crippen LogP contribution in [0.2, 0.25) is 0 Å². The molecule has 3 rings (SSSR count). The molecule has 0 radical (unpaired) electrons. The summed E-state index contributed by atoms with van der Waals surface area (Å²) in [5.41, 5.74) is 1.00. The lowest BCUT2D eigenvalue weighted by Crippen LogP contribution is -2.40. The van der Waals surface area contributed by atoms with Gasteiger partial charge in [-0.05, 0) is 29.8 Å². The second-order valence-corrected chi connectivity index (χ2v) is 5.04. The Morgan fingerprint density at radius 2 is 2.00 bits per heavy atom. The Labute approximate surface area is 123 Å². The van der Waals surface area contributed by atoms with Gasteiger partial charge in [-0.25, -0.2) is 0 Å². The van der Waals surface area contributed by atoms with Gasteiger partial charge in [0.25, 0.3) is 0 Å². The van der Waals surface area contributed by atoms with Crippen molar-refractivity contribution in [2.75, 3.05) is 13.7 Å². The SMILES string of the molecule is COc1cccc(CC(O)C2COc3ccccc3O2)c1. The Kier molecular flexibility index (Phi) is 3.97. The maximum absolute atomic E-state index is 10.4. The molecule has 0 aromatic heterocycles. The van der Waals surface area contributed by atoms with Crippen LogP contribution in [0.4, 0.5) is 0 Å². The molecule has 1 heterocycles. The molecule has 0 saturated heterocycles. The standard InChI is InChI=1S/C17H18O4/c1-19-13-6-4-5-12(9-13)10-14(18)17-11-20-15-7-2-3-8-16(15)21-17/h2-9,14,17-18H,10-11H2,1H3. The molecule has 2 atom stereocenters. The number of fused-ring (bicyclic) bond motifs is 1. The Morgan fingerprint density at radius 3 is 2.81 bits per heavy atom. The molecular formula is C17H18O4. The maximum Gasteiger partial charge on any atom is 0.161 e. The first-order valence-corrected chi connectivity index (χ1v) is 6.96. The molecule has 2 aromatic rings. The summed E-state index contributed by atoms with van der Waals surface area (Å²) < 4.78 is 16.6. The lowest BCUT2D eigenvalue weighted by atomic mass is 10.0. The van der Waals surface area contributed by atoms with E-state index >= 15 is 0 Å². The van der Waals surface area contributed by atoms with E-state index in [9.17, 15) is 5.11 Å². The van der Waals surface area contributed by atoms with Crippen molar-refractivity contribution in [2.24, 2.45) is 0 Å². The Hall–Kier alpha value is -2.20. The average molecular weight is 286 g/mol. The van der Waals surface area contributed by atoms with Crippen molar-refractivity contribution in [1.29, 1.82) is 0 Å². The van der Waals surface area contributed by atoms with Crippen LogP contribution in [0.1, 0.15) is 5.56 Å². The number of hydrogen-bond acceptors (Lipinski definition) is 4. The van der Waals surface area contributed by atoms with Crippen molar-refractivity contribution in [1.82, 2.24) is 0 Å². The largest absolute Gasteiger partial charge is 0.497 e. The fraction of sp³-hybridized carbons (Fsp3) is 0.294. The average Bonchev–Trinajstić information content (AvgIpc) is 2.54. The highest BCUT2D eigenvalue weighted by Crippen LogP contribution is 2.32. The summed E-state index contributed by atoms with van der Waals surface area (Å²) in [5.74, 6) is 2.19. The Balaban J connectivity index is 1.67. The molecule has 2 aromatic carbocycles. The molecule has 1 aliphatic rings. The van der Waals surface area contributed by atoms with E-state index in [2.05, 4.69) is 0 Å². The van der Waals surface area contributed by atoms with E-state index in [-0.39, 0.29) is 6.10 Å². The second-order valence-electron chi connectivity index (χ2n) is 5.04. The lowest BCUT2D eigenvalue weighted by molar-refractivity contribution is -0.00942. The lowest BCUT2D eigenvalue weighted by Gasteiger charge is -2.29. The zero-order valence-corrected chi connectivity index (χ0v) is 11.9. The van der Waals surface area contributed by atoms with Crippen LogP contribution in [0.3, 0.4) is 0 Å². The molecule has 0 bridgehead atoms. The second kappa shape index (κ2) is 6.06. The first-order chi connectivity index (χ1) is 10.3. The number of ether oxygens (including phenoxy) is 3. The number of benzene rings is 2. The minimum atomic E-state index is -0.634. The van der Waals surface area contributed by atoms with Crippen molar-refractivity contribution in [2.45, 2.75) is 18.6 Å². The summed E-state index contributed by atoms with van der Waals surface area (Å²) in [7, 11) is 1.63. The van der Waals surface area contributed by atoms with Gasteiger partial charge in [-0.3, -0.25) is 0 Å². The van der Waals surface area contributed by atoms with E-state index in [1.807, 2.05) is 48.5 Å². The van der Waals surface area contributed by atoms with Crippen LogP contribution in [-0.2, 0) is 6.42 Å². The highest BCUT2D eigenvalue weighted by molar-refractivity contribution is 5.40. The van der Waals surface area contributed by atoms with Gasteiger partial charge in [-0.2, -0.15) is 0 Å². The molecule has 0 fully saturated rings. The minimum absolute atomic E-state index is 0.349. The molecule has 0 spiro atoms. The van der Waals surface area contributed by atoms with E-state index in [1.165, 1.54) is 0 Å². The minimum Gasteiger partial charge on any atom is -0.497 e. The molecule has 2 unspecified atom stereocenters. The van der Waals surface area contributed by atoms with Gasteiger partial charge in [0, 0.05) is 6.42 Å². The van der Waals surface area contributed by atoms with Crippen molar-refractivity contribution >= 4 is 0 Å². The van der Waals surface area contributed by atoms with Crippen LogP contribution in [-0.4, -0.2) is 31.0 Å². The molecule has 0 amide bonds. The molecule has 1 N–H and O–H groups in total. The molecule has 1 aliphatic heterocycles. The third-order valence-corrected chi connectivity index (χ3v) is 3.54. The summed E-state index contributed by atoms with van der Waals surface area (Å²) >= 11 is 0. The van der Waals surface area contributed by atoms with Crippen molar-refractivity contribution < 1.29 is 19.3 Å². The number of para-hydroxylation sites is 2. The molecule has 0 saturated carbocycles. The van der Waals surface area contributed by atoms with Crippen LogP contribution < -0.4 is 14.2 Å². The first-order valence-electron chi connectivity index (χ1n) is 6.96. The number of hydrogen-bond donors (Lipinski definition) is 1. The summed E-state index contributed by atoms with van der Waals surface area (Å²) in [6.45, 7) is 0.349. The van der Waals surface area contributed by atoms with E-state index in [1.54, 1.807) is 7.11 Å². The van der Waals surface area contributed by atoms with Crippen molar-refractivity contribution in [3.63, 3.8) is 0 Å². The number of methoxy groups -OCH3 is 1. The summed E-state index contributed by atoms with van der Waals surface area (Å²) in [6, 6.07) is 15.2. The van der Waals surface area contributed by atoms with Crippen LogP contribution in [0, 0.1) is 0 Å². The zero-order chi connectivity index (χ0) is 14.7. The topological polar surface area (TPSA) is 47.9 Å². The summed E-state index contributed by atoms with van der Waals surface area (Å²) in [4.78, 5) is 0. The summed E-state index contributed by atoms with van der Waals surface area (Å²) in [6.07, 6.45) is -0.510. The number of aliphatic hydroxyl groups excluding tert-OH is 1. The van der Waals surface area contributed by atoms with Crippen LogP contribution in [0.25, 0.3) is 0 Å². The van der Waals surface area contributed by atoms with Gasteiger partial charge in [-0.15, -0.1) is 0 Å². The van der Waals surface area contributed by atoms with Gasteiger partial charge >= 0.3 is 0 Å². The van der Waals surface area contributed by atoms with Crippen LogP contribution in [0.15, 0.2) is 48.5 Å². The third kappa shape index (κ3) is 3.11. The zero-order valence-electron chi connectivity index (χ0n) is 11.9. The normalized spacial score (nSPS) is 18.1. The van der Waals surface area contributed by atoms with Gasteiger partial charge < -0.3 is 19.3 Å². The van der Waals surface area contributed by atoms with Crippen molar-refractivity contribution in [3.05, 3.63) is 54.1 Å². The third-order valence-electron chi connectivity index (χ3n) is 3.54. The van der Waals surface area contributed by atoms with Crippen LogP contribution in [0.5, 0.6) is 17.2 Å². The maximum atomic E-state index is 10.4. The molecule has 4 nitrogen and oxygen atoms in total. The fourth-order valence-electron chi connectivity index (χ4n) is 2.40. The van der Waals surface area contributed by atoms with E-state index < -0.39 is 6.10 Å². The number of aliphatic hydroxyl groups is 1. The molecule has 0 aliphatic carbocycles. The molecule has 4 heteroatoms. The van der Waals surface area contributed by atoms with Gasteiger partial charge in [-0.1, -0.05) is 24.3 Å². The quantitative estimate of drug-likeness (QED) is 0.938. The Morgan fingerprint density at radius 1 is 1.19 bits per heavy atom. The molecule has 110 valence electrons. The molecular weight excluding hydrogens is 268 g/mol. The van der Waals surface area contributed by atoms with Gasteiger partial charge in [0.05, 0.1) is 13.2 Å². The van der Waals surface area contributed by atoms with Gasteiger partial charge in [0.1, 0.15) is 12.4 Å². The fourth-order valence-corrected chi connectivity index (χ4v) is 2.40. The van der Waals surface area contributed by atoms with Crippen LogP contribution >= 0.6 is 0 Å². The summed E-state index contributed by atoms with van der Waals surface area (Å²) in [5, 5.41) is 10.4. The van der Waals surface area contributed by atoms with Gasteiger partial charge in [0.15, 0.2) is 17.6 Å². The monoisotopic (exact) mass is 286 g/mol. The highest BCUT2D eigenvalue weighted by Gasteiger charge is 2.27. The first kappa shape index (κ1) is 13.8. The van der Waals surface area contributed by atoms with Gasteiger partial charge in [0.2, 0.25) is 0 Å². The predicted octanol–water partition coefficient (Wildman–Crippen LogP) is 2.44. The Bertz CT molecular complexity index is 611. The van der Waals surface area contributed by atoms with Crippen molar-refractivity contribution in [3.8, 4) is 17.2 Å². The number of rotatable bonds is 4. The predicted molar refractivity (Wildman–Crippen MR) is 79.1 cm³/mol. The highest BCUT2D eigenvalue weighted by atomic mass is 16.6. The molecule has 21 heavy (non-hydrogen) atoms. The van der Waals surface area contributed by atoms with E-state index in [0.29, 0.717) is 18.8 Å². The van der Waals surface area contributed by atoms with E-state index in [4.69, 9.17) is 14.2 Å². The van der Waals surface area contributed by atoms with E-state index in [0.717, 1.165) is 17.1 Å².